The first-order valence-corrected chi connectivity index (χ1v) is 7.71. The fourth-order valence-corrected chi connectivity index (χ4v) is 2.94. The van der Waals surface area contributed by atoms with Gasteiger partial charge in [-0.25, -0.2) is 0 Å². The first-order valence-electron chi connectivity index (χ1n) is 6.91. The van der Waals surface area contributed by atoms with E-state index < -0.39 is 11.8 Å². The van der Waals surface area contributed by atoms with Crippen molar-refractivity contribution in [1.82, 2.24) is 4.90 Å². The molecule has 1 aromatic rings. The lowest BCUT2D eigenvalue weighted by molar-refractivity contribution is -0.144. The van der Waals surface area contributed by atoms with Crippen LogP contribution in [0.2, 0.25) is 0 Å². The van der Waals surface area contributed by atoms with Crippen LogP contribution in [0.4, 0.5) is 5.69 Å². The molecule has 108 valence electrons. The van der Waals surface area contributed by atoms with Gasteiger partial charge >= 0.3 is 11.8 Å². The molecule has 1 saturated carbocycles. The normalized spacial score (nSPS) is 15.7. The maximum Gasteiger partial charge on any atom is 0.313 e. The molecule has 0 aromatic heterocycles. The molecule has 1 fully saturated rings. The van der Waals surface area contributed by atoms with Crippen LogP contribution in [0.3, 0.4) is 0 Å². The lowest BCUT2D eigenvalue weighted by atomic mass is 9.94. The highest BCUT2D eigenvalue weighted by Gasteiger charge is 2.26. The van der Waals surface area contributed by atoms with Gasteiger partial charge in [0.2, 0.25) is 0 Å². The zero-order chi connectivity index (χ0) is 14.5. The van der Waals surface area contributed by atoms with Crippen molar-refractivity contribution in [3.63, 3.8) is 0 Å². The standard InChI is InChI=1S/C15H19BrN2O2/c1-18(13-8-3-2-4-9-13)15(20)14(19)17-12-7-5-6-11(16)10-12/h5-7,10,13H,2-4,8-9H2,1H3,(H,17,19). The summed E-state index contributed by atoms with van der Waals surface area (Å²) in [6.07, 6.45) is 5.48. The monoisotopic (exact) mass is 338 g/mol. The number of benzene rings is 1. The summed E-state index contributed by atoms with van der Waals surface area (Å²) in [6, 6.07) is 7.41. The van der Waals surface area contributed by atoms with Gasteiger partial charge in [0.25, 0.3) is 0 Å². The number of hydrogen-bond donors (Lipinski definition) is 1. The number of halogens is 1. The minimum Gasteiger partial charge on any atom is -0.335 e. The summed E-state index contributed by atoms with van der Waals surface area (Å²) in [6.45, 7) is 0. The number of carbonyl (C=O) groups is 2. The molecule has 0 saturated heterocycles. The minimum absolute atomic E-state index is 0.199. The Morgan fingerprint density at radius 2 is 1.95 bits per heavy atom. The number of hydrogen-bond acceptors (Lipinski definition) is 2. The van der Waals surface area contributed by atoms with Crippen molar-refractivity contribution >= 4 is 33.4 Å². The Morgan fingerprint density at radius 1 is 1.25 bits per heavy atom. The molecule has 1 aromatic carbocycles. The van der Waals surface area contributed by atoms with E-state index in [4.69, 9.17) is 0 Å². The predicted octanol–water partition coefficient (Wildman–Crippen LogP) is 3.18. The predicted molar refractivity (Wildman–Crippen MR) is 82.4 cm³/mol. The molecule has 0 unspecified atom stereocenters. The Morgan fingerprint density at radius 3 is 2.60 bits per heavy atom. The molecular formula is C15H19BrN2O2. The van der Waals surface area contributed by atoms with Crippen LogP contribution in [0, 0.1) is 0 Å². The molecule has 0 atom stereocenters. The first kappa shape index (κ1) is 15.0. The van der Waals surface area contributed by atoms with Crippen LogP contribution in [-0.2, 0) is 9.59 Å². The van der Waals surface area contributed by atoms with Gasteiger partial charge in [-0.3, -0.25) is 9.59 Å². The Balaban J connectivity index is 1.95. The molecule has 4 nitrogen and oxygen atoms in total. The van der Waals surface area contributed by atoms with Gasteiger partial charge in [0.1, 0.15) is 0 Å². The molecule has 0 aliphatic heterocycles. The van der Waals surface area contributed by atoms with Gasteiger partial charge in [-0.05, 0) is 31.0 Å². The quantitative estimate of drug-likeness (QED) is 0.842. The molecule has 5 heteroatoms. The molecule has 0 heterocycles. The van der Waals surface area contributed by atoms with E-state index in [2.05, 4.69) is 21.2 Å². The number of likely N-dealkylation sites (N-methyl/N-ethyl adjacent to an activating group) is 1. The van der Waals surface area contributed by atoms with Gasteiger partial charge in [0, 0.05) is 23.2 Å². The van der Waals surface area contributed by atoms with Gasteiger partial charge in [0.05, 0.1) is 0 Å². The third kappa shape index (κ3) is 3.82. The van der Waals surface area contributed by atoms with Gasteiger partial charge in [0.15, 0.2) is 0 Å². The van der Waals surface area contributed by atoms with Gasteiger partial charge in [-0.1, -0.05) is 41.3 Å². The first-order chi connectivity index (χ1) is 9.58. The van der Waals surface area contributed by atoms with E-state index in [0.717, 1.165) is 30.2 Å². The number of anilines is 1. The van der Waals surface area contributed by atoms with Crippen molar-refractivity contribution in [3.05, 3.63) is 28.7 Å². The molecular weight excluding hydrogens is 320 g/mol. The Labute approximate surface area is 127 Å². The molecule has 0 radical (unpaired) electrons. The highest BCUT2D eigenvalue weighted by molar-refractivity contribution is 9.10. The van der Waals surface area contributed by atoms with Crippen LogP contribution < -0.4 is 5.32 Å². The lowest BCUT2D eigenvalue weighted by Gasteiger charge is -2.30. The molecule has 0 bridgehead atoms. The summed E-state index contributed by atoms with van der Waals surface area (Å²) >= 11 is 3.33. The number of nitrogens with one attached hydrogen (secondary N) is 1. The van der Waals surface area contributed by atoms with Crippen LogP contribution in [-0.4, -0.2) is 29.8 Å². The summed E-state index contributed by atoms with van der Waals surface area (Å²) in [4.78, 5) is 25.7. The number of nitrogens with zero attached hydrogens (tertiary/aromatic N) is 1. The number of rotatable bonds is 2. The van der Waals surface area contributed by atoms with Crippen LogP contribution >= 0.6 is 15.9 Å². The summed E-state index contributed by atoms with van der Waals surface area (Å²) < 4.78 is 0.864. The van der Waals surface area contributed by atoms with Crippen LogP contribution in [0.15, 0.2) is 28.7 Å². The molecule has 2 rings (SSSR count). The Kier molecular flexibility index (Phi) is 5.17. The molecule has 2 amide bonds. The van der Waals surface area contributed by atoms with E-state index in [-0.39, 0.29) is 6.04 Å². The van der Waals surface area contributed by atoms with Crippen molar-refractivity contribution in [1.29, 1.82) is 0 Å². The second-order valence-corrected chi connectivity index (χ2v) is 6.09. The molecule has 0 spiro atoms. The highest BCUT2D eigenvalue weighted by Crippen LogP contribution is 2.22. The van der Waals surface area contributed by atoms with Gasteiger partial charge in [-0.2, -0.15) is 0 Å². The van der Waals surface area contributed by atoms with Crippen molar-refractivity contribution in [2.45, 2.75) is 38.1 Å². The molecule has 1 aliphatic carbocycles. The molecule has 1 N–H and O–H groups in total. The fourth-order valence-electron chi connectivity index (χ4n) is 2.55. The average molecular weight is 339 g/mol. The number of carbonyl (C=O) groups excluding carboxylic acids is 2. The SMILES string of the molecule is CN(C(=O)C(=O)Nc1cccc(Br)c1)C1CCCCC1. The van der Waals surface area contributed by atoms with E-state index in [9.17, 15) is 9.59 Å². The third-order valence-corrected chi connectivity index (χ3v) is 4.21. The van der Waals surface area contributed by atoms with E-state index in [1.54, 1.807) is 24.1 Å². The maximum absolute atomic E-state index is 12.1. The smallest absolute Gasteiger partial charge is 0.313 e. The largest absolute Gasteiger partial charge is 0.335 e. The zero-order valence-electron chi connectivity index (χ0n) is 11.6. The van der Waals surface area contributed by atoms with Gasteiger partial charge in [-0.15, -0.1) is 0 Å². The highest BCUT2D eigenvalue weighted by atomic mass is 79.9. The van der Waals surface area contributed by atoms with Gasteiger partial charge < -0.3 is 10.2 Å². The van der Waals surface area contributed by atoms with Crippen molar-refractivity contribution in [2.24, 2.45) is 0 Å². The maximum atomic E-state index is 12.1. The third-order valence-electron chi connectivity index (χ3n) is 3.72. The fraction of sp³-hybridized carbons (Fsp3) is 0.467. The van der Waals surface area contributed by atoms with Crippen molar-refractivity contribution in [2.75, 3.05) is 12.4 Å². The summed E-state index contributed by atoms with van der Waals surface area (Å²) in [7, 11) is 1.72. The number of amides is 2. The van der Waals surface area contributed by atoms with E-state index in [1.807, 2.05) is 12.1 Å². The molecule has 1 aliphatic rings. The summed E-state index contributed by atoms with van der Waals surface area (Å²) in [5.41, 5.74) is 0.620. The van der Waals surface area contributed by atoms with E-state index >= 15 is 0 Å². The van der Waals surface area contributed by atoms with Crippen LogP contribution in [0.5, 0.6) is 0 Å². The van der Waals surface area contributed by atoms with Crippen molar-refractivity contribution in [3.8, 4) is 0 Å². The van der Waals surface area contributed by atoms with E-state index in [1.165, 1.54) is 6.42 Å². The Hall–Kier alpha value is -1.36. The zero-order valence-corrected chi connectivity index (χ0v) is 13.1. The summed E-state index contributed by atoms with van der Waals surface area (Å²) in [5, 5.41) is 2.64. The summed E-state index contributed by atoms with van der Waals surface area (Å²) in [5.74, 6) is -1.03. The van der Waals surface area contributed by atoms with Crippen LogP contribution in [0.25, 0.3) is 0 Å². The lowest BCUT2D eigenvalue weighted by Crippen LogP contribution is -2.44. The van der Waals surface area contributed by atoms with Crippen molar-refractivity contribution < 1.29 is 9.59 Å². The second-order valence-electron chi connectivity index (χ2n) is 5.17. The minimum atomic E-state index is -0.573. The van der Waals surface area contributed by atoms with Crippen LogP contribution in [0.1, 0.15) is 32.1 Å². The van der Waals surface area contributed by atoms with E-state index in [0.29, 0.717) is 5.69 Å². The Bertz CT molecular complexity index is 498. The second kappa shape index (κ2) is 6.88. The topological polar surface area (TPSA) is 49.4 Å². The molecule has 20 heavy (non-hydrogen) atoms. The average Bonchev–Trinajstić information content (AvgIpc) is 2.46.